The average molecular weight is 354 g/mol. The Labute approximate surface area is 155 Å². The molecule has 1 aliphatic heterocycles. The number of benzene rings is 2. The maximum Gasteiger partial charge on any atom is 0.222 e. The summed E-state index contributed by atoms with van der Waals surface area (Å²) in [6, 6.07) is 21.3. The Morgan fingerprint density at radius 1 is 1.04 bits per heavy atom. The van der Waals surface area contributed by atoms with E-state index in [1.165, 1.54) is 10.5 Å². The molecule has 2 nitrogen and oxygen atoms in total. The fraction of sp³-hybridized carbons (Fsp3) is 0.409. The van der Waals surface area contributed by atoms with Crippen molar-refractivity contribution in [3.05, 3.63) is 66.2 Å². The van der Waals surface area contributed by atoms with Crippen molar-refractivity contribution >= 4 is 17.7 Å². The molecule has 0 N–H and O–H groups in total. The summed E-state index contributed by atoms with van der Waals surface area (Å²) in [5, 5.41) is 0. The molecule has 1 fully saturated rings. The second-order valence-electron chi connectivity index (χ2n) is 6.99. The van der Waals surface area contributed by atoms with Crippen LogP contribution in [0.4, 0.5) is 0 Å². The van der Waals surface area contributed by atoms with Gasteiger partial charge in [0.25, 0.3) is 0 Å². The molecule has 1 aliphatic rings. The lowest BCUT2D eigenvalue weighted by atomic mass is 10.0. The van der Waals surface area contributed by atoms with Crippen LogP contribution in [0.15, 0.2) is 65.6 Å². The lowest BCUT2D eigenvalue weighted by molar-refractivity contribution is -0.132. The molecule has 0 spiro atoms. The zero-order valence-electron chi connectivity index (χ0n) is 14.9. The quantitative estimate of drug-likeness (QED) is 0.678. The van der Waals surface area contributed by atoms with Crippen molar-refractivity contribution in [3.8, 4) is 0 Å². The van der Waals surface area contributed by atoms with Gasteiger partial charge in [-0.25, -0.2) is 0 Å². The highest BCUT2D eigenvalue weighted by molar-refractivity contribution is 7.99. The van der Waals surface area contributed by atoms with Gasteiger partial charge < -0.3 is 4.90 Å². The maximum atomic E-state index is 12.7. The van der Waals surface area contributed by atoms with Gasteiger partial charge in [0.05, 0.1) is 0 Å². The maximum absolute atomic E-state index is 12.7. The number of thioether (sulfide) groups is 1. The van der Waals surface area contributed by atoms with Gasteiger partial charge in [-0.3, -0.25) is 4.79 Å². The van der Waals surface area contributed by atoms with E-state index in [2.05, 4.69) is 66.4 Å². The first kappa shape index (κ1) is 18.1. The molecule has 0 bridgehead atoms. The van der Waals surface area contributed by atoms with Crippen LogP contribution in [0, 0.1) is 5.92 Å². The van der Waals surface area contributed by atoms with Crippen molar-refractivity contribution in [2.45, 2.75) is 43.5 Å². The van der Waals surface area contributed by atoms with E-state index in [1.54, 1.807) is 0 Å². The first-order chi connectivity index (χ1) is 12.2. The number of hydrogen-bond donors (Lipinski definition) is 0. The highest BCUT2D eigenvalue weighted by atomic mass is 32.2. The van der Waals surface area contributed by atoms with Crippen LogP contribution in [-0.4, -0.2) is 29.1 Å². The van der Waals surface area contributed by atoms with Gasteiger partial charge in [-0.2, -0.15) is 0 Å². The number of hydrogen-bond acceptors (Lipinski definition) is 2. The van der Waals surface area contributed by atoms with Crippen molar-refractivity contribution in [1.82, 2.24) is 4.90 Å². The minimum atomic E-state index is 0.255. The molecule has 0 aliphatic carbocycles. The van der Waals surface area contributed by atoms with Crippen LogP contribution in [0.25, 0.3) is 0 Å². The van der Waals surface area contributed by atoms with E-state index in [0.29, 0.717) is 18.2 Å². The van der Waals surface area contributed by atoms with Crippen LogP contribution in [0.3, 0.4) is 0 Å². The van der Waals surface area contributed by atoms with Crippen LogP contribution in [-0.2, 0) is 11.2 Å². The van der Waals surface area contributed by atoms with E-state index in [9.17, 15) is 4.79 Å². The summed E-state index contributed by atoms with van der Waals surface area (Å²) in [6.07, 6.45) is 3.77. The van der Waals surface area contributed by atoms with E-state index in [0.717, 1.165) is 31.6 Å². The first-order valence-electron chi connectivity index (χ1n) is 9.23. The molecule has 1 heterocycles. The molecule has 25 heavy (non-hydrogen) atoms. The molecular formula is C22H27NOS. The second kappa shape index (κ2) is 9.10. The zero-order chi connectivity index (χ0) is 17.5. The SMILES string of the molecule is C[C@H]1CCC(=O)N([C@H](CSc2ccccc2)Cc2ccccc2)CC1. The Morgan fingerprint density at radius 3 is 2.44 bits per heavy atom. The van der Waals surface area contributed by atoms with Crippen LogP contribution in [0.5, 0.6) is 0 Å². The molecule has 3 heteroatoms. The fourth-order valence-corrected chi connectivity index (χ4v) is 4.41. The molecule has 2 atom stereocenters. The first-order valence-corrected chi connectivity index (χ1v) is 10.2. The van der Waals surface area contributed by atoms with Gasteiger partial charge in [-0.1, -0.05) is 55.5 Å². The van der Waals surface area contributed by atoms with Crippen molar-refractivity contribution in [3.63, 3.8) is 0 Å². The molecule has 2 aromatic carbocycles. The van der Waals surface area contributed by atoms with Gasteiger partial charge in [0, 0.05) is 29.7 Å². The van der Waals surface area contributed by atoms with Crippen LogP contribution < -0.4 is 0 Å². The predicted molar refractivity (Wildman–Crippen MR) is 106 cm³/mol. The molecule has 0 aromatic heterocycles. The van der Waals surface area contributed by atoms with Gasteiger partial charge >= 0.3 is 0 Å². The van der Waals surface area contributed by atoms with E-state index in [1.807, 2.05) is 17.8 Å². The van der Waals surface area contributed by atoms with Crippen molar-refractivity contribution < 1.29 is 4.79 Å². The third-order valence-electron chi connectivity index (χ3n) is 4.97. The number of amides is 1. The lowest BCUT2D eigenvalue weighted by Gasteiger charge is -2.31. The summed E-state index contributed by atoms with van der Waals surface area (Å²) < 4.78 is 0. The van der Waals surface area contributed by atoms with Gasteiger partial charge in [0.15, 0.2) is 0 Å². The molecular weight excluding hydrogens is 326 g/mol. The number of carbonyl (C=O) groups is 1. The summed E-state index contributed by atoms with van der Waals surface area (Å²) in [7, 11) is 0. The van der Waals surface area contributed by atoms with Gasteiger partial charge in [0.1, 0.15) is 0 Å². The normalized spacial score (nSPS) is 19.5. The second-order valence-corrected chi connectivity index (χ2v) is 8.08. The number of rotatable bonds is 6. The lowest BCUT2D eigenvalue weighted by Crippen LogP contribution is -2.43. The molecule has 0 radical (unpaired) electrons. The van der Waals surface area contributed by atoms with E-state index in [4.69, 9.17) is 0 Å². The monoisotopic (exact) mass is 353 g/mol. The minimum Gasteiger partial charge on any atom is -0.339 e. The predicted octanol–water partition coefficient (Wildman–Crippen LogP) is 5.04. The summed E-state index contributed by atoms with van der Waals surface area (Å²) in [6.45, 7) is 3.16. The van der Waals surface area contributed by atoms with E-state index in [-0.39, 0.29) is 6.04 Å². The van der Waals surface area contributed by atoms with Crippen LogP contribution in [0.1, 0.15) is 31.7 Å². The Kier molecular flexibility index (Phi) is 6.57. The molecule has 0 saturated carbocycles. The number of likely N-dealkylation sites (tertiary alicyclic amines) is 1. The standard InChI is InChI=1S/C22H27NOS/c1-18-12-13-22(24)23(15-14-18)20(16-19-8-4-2-5-9-19)17-25-21-10-6-3-7-11-21/h2-11,18,20H,12-17H2,1H3/t18-,20-/m0/s1. The molecule has 132 valence electrons. The fourth-order valence-electron chi connectivity index (χ4n) is 3.38. The highest BCUT2D eigenvalue weighted by Gasteiger charge is 2.27. The van der Waals surface area contributed by atoms with Gasteiger partial charge in [0.2, 0.25) is 5.91 Å². The molecule has 3 rings (SSSR count). The van der Waals surface area contributed by atoms with Crippen LogP contribution in [0.2, 0.25) is 0 Å². The molecule has 0 unspecified atom stereocenters. The largest absolute Gasteiger partial charge is 0.339 e. The minimum absolute atomic E-state index is 0.255. The summed E-state index contributed by atoms with van der Waals surface area (Å²) in [4.78, 5) is 16.2. The Balaban J connectivity index is 1.74. The number of nitrogens with zero attached hydrogens (tertiary/aromatic N) is 1. The van der Waals surface area contributed by atoms with Crippen molar-refractivity contribution in [2.75, 3.05) is 12.3 Å². The number of carbonyl (C=O) groups excluding carboxylic acids is 1. The van der Waals surface area contributed by atoms with Gasteiger partial charge in [-0.15, -0.1) is 11.8 Å². The van der Waals surface area contributed by atoms with Crippen LogP contribution >= 0.6 is 11.8 Å². The topological polar surface area (TPSA) is 20.3 Å². The summed E-state index contributed by atoms with van der Waals surface area (Å²) in [5.41, 5.74) is 1.31. The third kappa shape index (κ3) is 5.37. The zero-order valence-corrected chi connectivity index (χ0v) is 15.8. The molecule has 1 amide bonds. The Hall–Kier alpha value is -1.74. The Morgan fingerprint density at radius 2 is 1.72 bits per heavy atom. The Bertz CT molecular complexity index is 658. The highest BCUT2D eigenvalue weighted by Crippen LogP contribution is 2.25. The third-order valence-corrected chi connectivity index (χ3v) is 6.13. The summed E-state index contributed by atoms with van der Waals surface area (Å²) in [5.74, 6) is 1.92. The van der Waals surface area contributed by atoms with Crippen molar-refractivity contribution in [2.24, 2.45) is 5.92 Å². The van der Waals surface area contributed by atoms with E-state index >= 15 is 0 Å². The average Bonchev–Trinajstić information content (AvgIpc) is 2.82. The molecule has 1 saturated heterocycles. The molecule has 2 aromatic rings. The smallest absolute Gasteiger partial charge is 0.222 e. The summed E-state index contributed by atoms with van der Waals surface area (Å²) >= 11 is 1.86. The van der Waals surface area contributed by atoms with Gasteiger partial charge in [-0.05, 0) is 42.9 Å². The van der Waals surface area contributed by atoms with Crippen molar-refractivity contribution in [1.29, 1.82) is 0 Å². The van der Waals surface area contributed by atoms with E-state index < -0.39 is 0 Å².